The zero-order chi connectivity index (χ0) is 10.8. The normalized spacial score (nSPS) is 9.33. The second-order valence-electron chi connectivity index (χ2n) is 3.67. The van der Waals surface area contributed by atoms with Gasteiger partial charge in [0.1, 0.15) is 0 Å². The van der Waals surface area contributed by atoms with E-state index in [4.69, 9.17) is 22.3 Å². The maximum absolute atomic E-state index is 7.03. The van der Waals surface area contributed by atoms with E-state index in [2.05, 4.69) is 0 Å². The molecule has 0 aromatic rings. The highest BCUT2D eigenvalue weighted by Gasteiger charge is 1.94. The van der Waals surface area contributed by atoms with Crippen molar-refractivity contribution in [2.24, 2.45) is 11.5 Å². The van der Waals surface area contributed by atoms with Crippen LogP contribution in [0.15, 0.2) is 0 Å². The van der Waals surface area contributed by atoms with Gasteiger partial charge in [-0.25, -0.2) is 0 Å². The second-order valence-corrected chi connectivity index (χ2v) is 3.67. The Labute approximate surface area is 98.2 Å². The minimum absolute atomic E-state index is 0. The number of amidine groups is 2. The van der Waals surface area contributed by atoms with E-state index in [0.29, 0.717) is 11.7 Å². The summed E-state index contributed by atoms with van der Waals surface area (Å²) in [5.41, 5.74) is 10.5. The summed E-state index contributed by atoms with van der Waals surface area (Å²) in [5.74, 6) is 0.586. The zero-order valence-corrected chi connectivity index (χ0v) is 10.0. The van der Waals surface area contributed by atoms with Crippen molar-refractivity contribution >= 4 is 24.1 Å². The number of hydrogen-bond donors (Lipinski definition) is 4. The molecule has 0 saturated carbocycles. The SMILES string of the molecule is Cl.N=C(N)CCCCCCCCC(=N)N. The van der Waals surface area contributed by atoms with E-state index in [0.717, 1.165) is 38.5 Å². The average molecular weight is 235 g/mol. The fourth-order valence-corrected chi connectivity index (χ4v) is 1.34. The lowest BCUT2D eigenvalue weighted by Gasteiger charge is -2.01. The first-order valence-corrected chi connectivity index (χ1v) is 5.28. The Kier molecular flexibility index (Phi) is 12.6. The Morgan fingerprint density at radius 2 is 0.933 bits per heavy atom. The Morgan fingerprint density at radius 1 is 0.667 bits per heavy atom. The van der Waals surface area contributed by atoms with E-state index >= 15 is 0 Å². The smallest absolute Gasteiger partial charge is 0.0905 e. The third kappa shape index (κ3) is 15.9. The van der Waals surface area contributed by atoms with Gasteiger partial charge in [-0.1, -0.05) is 25.7 Å². The summed E-state index contributed by atoms with van der Waals surface area (Å²) >= 11 is 0. The summed E-state index contributed by atoms with van der Waals surface area (Å²) < 4.78 is 0. The Hall–Kier alpha value is -0.770. The lowest BCUT2D eigenvalue weighted by Crippen LogP contribution is -2.08. The van der Waals surface area contributed by atoms with Crippen LogP contribution in [0.2, 0.25) is 0 Å². The highest BCUT2D eigenvalue weighted by molar-refractivity contribution is 5.85. The molecule has 0 rings (SSSR count). The summed E-state index contributed by atoms with van der Waals surface area (Å²) in [6.45, 7) is 0. The van der Waals surface area contributed by atoms with Crippen LogP contribution >= 0.6 is 12.4 Å². The van der Waals surface area contributed by atoms with Crippen LogP contribution in [0.25, 0.3) is 0 Å². The predicted molar refractivity (Wildman–Crippen MR) is 68.0 cm³/mol. The summed E-state index contributed by atoms with van der Waals surface area (Å²) in [6.07, 6.45) is 8.22. The van der Waals surface area contributed by atoms with Crippen molar-refractivity contribution in [3.05, 3.63) is 0 Å². The third-order valence-corrected chi connectivity index (χ3v) is 2.14. The maximum Gasteiger partial charge on any atom is 0.0905 e. The second kappa shape index (κ2) is 11.3. The largest absolute Gasteiger partial charge is 0.388 e. The van der Waals surface area contributed by atoms with Crippen LogP contribution in [-0.4, -0.2) is 11.7 Å². The average Bonchev–Trinajstić information content (AvgIpc) is 2.08. The molecule has 0 spiro atoms. The molecule has 0 aromatic heterocycles. The van der Waals surface area contributed by atoms with E-state index < -0.39 is 0 Å². The van der Waals surface area contributed by atoms with Crippen molar-refractivity contribution in [3.63, 3.8) is 0 Å². The molecule has 0 aliphatic heterocycles. The molecule has 0 bridgehead atoms. The van der Waals surface area contributed by atoms with Gasteiger partial charge in [0, 0.05) is 12.8 Å². The molecule has 6 N–H and O–H groups in total. The van der Waals surface area contributed by atoms with Gasteiger partial charge in [0.15, 0.2) is 0 Å². The Morgan fingerprint density at radius 3 is 1.20 bits per heavy atom. The van der Waals surface area contributed by atoms with Crippen molar-refractivity contribution < 1.29 is 0 Å². The molecule has 0 radical (unpaired) electrons. The first kappa shape index (κ1) is 16.7. The van der Waals surface area contributed by atoms with Gasteiger partial charge in [-0.3, -0.25) is 10.8 Å². The van der Waals surface area contributed by atoms with Crippen molar-refractivity contribution in [2.75, 3.05) is 0 Å². The zero-order valence-electron chi connectivity index (χ0n) is 9.22. The maximum atomic E-state index is 7.03. The number of rotatable bonds is 9. The van der Waals surface area contributed by atoms with Gasteiger partial charge in [0.2, 0.25) is 0 Å². The molecule has 90 valence electrons. The third-order valence-electron chi connectivity index (χ3n) is 2.14. The fraction of sp³-hybridized carbons (Fsp3) is 0.800. The standard InChI is InChI=1S/C10H22N4.ClH/c11-9(12)7-5-3-1-2-4-6-8-10(13)14;/h1-8H2,(H3,11,12)(H3,13,14);1H. The molecule has 15 heavy (non-hydrogen) atoms. The summed E-state index contributed by atoms with van der Waals surface area (Å²) in [4.78, 5) is 0. The lowest BCUT2D eigenvalue weighted by atomic mass is 10.1. The van der Waals surface area contributed by atoms with Crippen LogP contribution in [0, 0.1) is 10.8 Å². The monoisotopic (exact) mass is 234 g/mol. The topological polar surface area (TPSA) is 99.7 Å². The number of hydrogen-bond acceptors (Lipinski definition) is 2. The van der Waals surface area contributed by atoms with Crippen molar-refractivity contribution in [3.8, 4) is 0 Å². The van der Waals surface area contributed by atoms with Crippen molar-refractivity contribution in [1.29, 1.82) is 10.8 Å². The van der Waals surface area contributed by atoms with Crippen LogP contribution in [-0.2, 0) is 0 Å². The Balaban J connectivity index is 0. The van der Waals surface area contributed by atoms with E-state index in [-0.39, 0.29) is 12.4 Å². The van der Waals surface area contributed by atoms with Crippen LogP contribution < -0.4 is 11.5 Å². The molecule has 4 nitrogen and oxygen atoms in total. The highest BCUT2D eigenvalue weighted by Crippen LogP contribution is 2.08. The van der Waals surface area contributed by atoms with Gasteiger partial charge >= 0.3 is 0 Å². The van der Waals surface area contributed by atoms with Gasteiger partial charge in [-0.05, 0) is 12.8 Å². The molecule has 0 aliphatic carbocycles. The summed E-state index contributed by atoms with van der Waals surface area (Å²) in [5, 5.41) is 14.1. The molecular formula is C10H23ClN4. The van der Waals surface area contributed by atoms with Gasteiger partial charge in [0.05, 0.1) is 11.7 Å². The van der Waals surface area contributed by atoms with E-state index in [1.54, 1.807) is 0 Å². The number of nitrogens with two attached hydrogens (primary N) is 2. The predicted octanol–water partition coefficient (Wildman–Crippen LogP) is 2.40. The minimum atomic E-state index is 0. The van der Waals surface area contributed by atoms with Gasteiger partial charge in [-0.2, -0.15) is 0 Å². The van der Waals surface area contributed by atoms with E-state index in [1.807, 2.05) is 0 Å². The Bertz CT molecular complexity index is 162. The molecule has 0 heterocycles. The summed E-state index contributed by atoms with van der Waals surface area (Å²) in [7, 11) is 0. The molecule has 0 aliphatic rings. The first-order valence-electron chi connectivity index (χ1n) is 5.28. The van der Waals surface area contributed by atoms with Crippen LogP contribution in [0.3, 0.4) is 0 Å². The van der Waals surface area contributed by atoms with Gasteiger partial charge in [-0.15, -0.1) is 12.4 Å². The quantitative estimate of drug-likeness (QED) is 0.280. The molecule has 0 fully saturated rings. The number of unbranched alkanes of at least 4 members (excludes halogenated alkanes) is 5. The number of halogens is 1. The molecular weight excluding hydrogens is 212 g/mol. The molecule has 0 amide bonds. The highest BCUT2D eigenvalue weighted by atomic mass is 35.5. The van der Waals surface area contributed by atoms with Crippen molar-refractivity contribution in [2.45, 2.75) is 51.4 Å². The molecule has 5 heteroatoms. The van der Waals surface area contributed by atoms with Crippen LogP contribution in [0.1, 0.15) is 51.4 Å². The van der Waals surface area contributed by atoms with Crippen LogP contribution in [0.5, 0.6) is 0 Å². The molecule has 0 atom stereocenters. The molecule has 0 unspecified atom stereocenters. The minimum Gasteiger partial charge on any atom is -0.388 e. The van der Waals surface area contributed by atoms with Gasteiger partial charge < -0.3 is 11.5 Å². The van der Waals surface area contributed by atoms with E-state index in [1.165, 1.54) is 12.8 Å². The van der Waals surface area contributed by atoms with Gasteiger partial charge in [0.25, 0.3) is 0 Å². The van der Waals surface area contributed by atoms with Crippen molar-refractivity contribution in [1.82, 2.24) is 0 Å². The fourth-order valence-electron chi connectivity index (χ4n) is 1.34. The first-order chi connectivity index (χ1) is 6.63. The molecule has 0 aromatic carbocycles. The number of nitrogens with one attached hydrogen (secondary N) is 2. The van der Waals surface area contributed by atoms with Crippen LogP contribution in [0.4, 0.5) is 0 Å². The molecule has 0 saturated heterocycles. The van der Waals surface area contributed by atoms with E-state index in [9.17, 15) is 0 Å². The lowest BCUT2D eigenvalue weighted by molar-refractivity contribution is 0.606. The summed E-state index contributed by atoms with van der Waals surface area (Å²) in [6, 6.07) is 0.